The molecule has 2 aromatic rings. The fourth-order valence-corrected chi connectivity index (χ4v) is 2.80. The van der Waals surface area contributed by atoms with Gasteiger partial charge in [-0.2, -0.15) is 5.10 Å². The molecule has 4 amide bonds. The van der Waals surface area contributed by atoms with Gasteiger partial charge in [0, 0.05) is 25.4 Å². The van der Waals surface area contributed by atoms with Crippen molar-refractivity contribution in [3.8, 4) is 5.69 Å². The van der Waals surface area contributed by atoms with Crippen molar-refractivity contribution in [3.63, 3.8) is 0 Å². The highest BCUT2D eigenvalue weighted by Crippen LogP contribution is 2.23. The molecule has 0 unspecified atom stereocenters. The minimum atomic E-state index is -0.638. The summed E-state index contributed by atoms with van der Waals surface area (Å²) in [6.07, 6.45) is 1.52. The molecule has 2 heterocycles. The molecule has 0 bridgehead atoms. The summed E-state index contributed by atoms with van der Waals surface area (Å²) in [7, 11) is 2.71. The van der Waals surface area contributed by atoms with Gasteiger partial charge in [0.1, 0.15) is 5.57 Å². The van der Waals surface area contributed by atoms with Gasteiger partial charge in [0.05, 0.1) is 11.4 Å². The average Bonchev–Trinajstić information content (AvgIpc) is 2.90. The number of barbiturate groups is 1. The maximum atomic E-state index is 12.4. The molecule has 0 N–H and O–H groups in total. The third-order valence-corrected chi connectivity index (χ3v) is 4.28. The second-order valence-corrected chi connectivity index (χ2v) is 5.90. The molecule has 7 nitrogen and oxygen atoms in total. The summed E-state index contributed by atoms with van der Waals surface area (Å²) in [6.45, 7) is 3.69. The van der Waals surface area contributed by atoms with Gasteiger partial charge in [-0.25, -0.2) is 9.48 Å². The van der Waals surface area contributed by atoms with Gasteiger partial charge in [-0.1, -0.05) is 18.2 Å². The Morgan fingerprint density at radius 2 is 1.48 bits per heavy atom. The number of aryl methyl sites for hydroxylation is 1. The predicted molar refractivity (Wildman–Crippen MR) is 92.0 cm³/mol. The Morgan fingerprint density at radius 1 is 0.920 bits per heavy atom. The van der Waals surface area contributed by atoms with Crippen LogP contribution < -0.4 is 0 Å². The van der Waals surface area contributed by atoms with Crippen molar-refractivity contribution in [2.45, 2.75) is 13.8 Å². The molecule has 1 aromatic heterocycles. The molecule has 0 spiro atoms. The Balaban J connectivity index is 2.10. The quantitative estimate of drug-likeness (QED) is 0.619. The van der Waals surface area contributed by atoms with Crippen LogP contribution in [-0.4, -0.2) is 51.5 Å². The number of urea groups is 1. The Labute approximate surface area is 145 Å². The molecule has 1 fully saturated rings. The van der Waals surface area contributed by atoms with E-state index in [0.717, 1.165) is 21.2 Å². The lowest BCUT2D eigenvalue weighted by molar-refractivity contribution is -0.134. The third kappa shape index (κ3) is 2.63. The second kappa shape index (κ2) is 6.01. The second-order valence-electron chi connectivity index (χ2n) is 5.90. The molecule has 0 saturated carbocycles. The topological polar surface area (TPSA) is 75.5 Å². The van der Waals surface area contributed by atoms with Crippen LogP contribution in [0.15, 0.2) is 35.9 Å². The van der Waals surface area contributed by atoms with Gasteiger partial charge in [-0.3, -0.25) is 19.4 Å². The number of hydrogen-bond donors (Lipinski definition) is 0. The standard InChI is InChI=1S/C18H18N4O3/c1-11-14(12(2)22(19-11)13-8-6-5-7-9-13)10-15-16(23)20(3)18(25)21(4)17(15)24/h5-10H,1-4H3. The van der Waals surface area contributed by atoms with Crippen molar-refractivity contribution in [2.75, 3.05) is 14.1 Å². The molecule has 0 radical (unpaired) electrons. The first-order valence-corrected chi connectivity index (χ1v) is 7.76. The summed E-state index contributed by atoms with van der Waals surface area (Å²) < 4.78 is 1.76. The molecule has 25 heavy (non-hydrogen) atoms. The number of imide groups is 2. The first kappa shape index (κ1) is 16.6. The predicted octanol–water partition coefficient (Wildman–Crippen LogP) is 1.92. The summed E-state index contributed by atoms with van der Waals surface area (Å²) in [5.41, 5.74) is 3.02. The Morgan fingerprint density at radius 3 is 2.04 bits per heavy atom. The minimum absolute atomic E-state index is 0.0524. The third-order valence-electron chi connectivity index (χ3n) is 4.28. The lowest BCUT2D eigenvalue weighted by atomic mass is 10.1. The van der Waals surface area contributed by atoms with Crippen LogP contribution in [0.25, 0.3) is 11.8 Å². The van der Waals surface area contributed by atoms with Crippen LogP contribution in [0, 0.1) is 13.8 Å². The largest absolute Gasteiger partial charge is 0.333 e. The highest BCUT2D eigenvalue weighted by atomic mass is 16.2. The number of rotatable bonds is 2. The van der Waals surface area contributed by atoms with E-state index in [-0.39, 0.29) is 5.57 Å². The monoisotopic (exact) mass is 338 g/mol. The first-order valence-electron chi connectivity index (χ1n) is 7.76. The molecule has 1 aromatic carbocycles. The van der Waals surface area contributed by atoms with E-state index in [9.17, 15) is 14.4 Å². The van der Waals surface area contributed by atoms with Crippen LogP contribution in [0.1, 0.15) is 17.0 Å². The molecular weight excluding hydrogens is 320 g/mol. The van der Waals surface area contributed by atoms with Crippen LogP contribution in [0.3, 0.4) is 0 Å². The Kier molecular flexibility index (Phi) is 4.00. The molecular formula is C18H18N4O3. The van der Waals surface area contributed by atoms with E-state index in [0.29, 0.717) is 11.3 Å². The number of amides is 4. The number of carbonyl (C=O) groups is 3. The summed E-state index contributed by atoms with van der Waals surface area (Å²) in [5, 5.41) is 4.50. The highest BCUT2D eigenvalue weighted by Gasteiger charge is 2.38. The molecule has 1 saturated heterocycles. The molecule has 7 heteroatoms. The van der Waals surface area contributed by atoms with Crippen molar-refractivity contribution < 1.29 is 14.4 Å². The van der Waals surface area contributed by atoms with Crippen LogP contribution in [0.5, 0.6) is 0 Å². The van der Waals surface area contributed by atoms with E-state index in [2.05, 4.69) is 5.10 Å². The number of hydrogen-bond acceptors (Lipinski definition) is 4. The molecule has 128 valence electrons. The van der Waals surface area contributed by atoms with Crippen molar-refractivity contribution >= 4 is 23.9 Å². The summed E-state index contributed by atoms with van der Waals surface area (Å²) in [4.78, 5) is 38.4. The zero-order valence-corrected chi connectivity index (χ0v) is 14.5. The number of para-hydroxylation sites is 1. The van der Waals surface area contributed by atoms with Crippen LogP contribution in [-0.2, 0) is 9.59 Å². The van der Waals surface area contributed by atoms with Gasteiger partial charge in [-0.05, 0) is 32.1 Å². The van der Waals surface area contributed by atoms with Crippen LogP contribution >= 0.6 is 0 Å². The zero-order valence-electron chi connectivity index (χ0n) is 14.5. The normalized spacial score (nSPS) is 15.2. The number of nitrogens with zero attached hydrogens (tertiary/aromatic N) is 4. The van der Waals surface area contributed by atoms with Crippen LogP contribution in [0.4, 0.5) is 4.79 Å². The van der Waals surface area contributed by atoms with Gasteiger partial charge in [-0.15, -0.1) is 0 Å². The van der Waals surface area contributed by atoms with E-state index < -0.39 is 17.8 Å². The lowest BCUT2D eigenvalue weighted by Gasteiger charge is -2.28. The smallest absolute Gasteiger partial charge is 0.268 e. The molecule has 1 aliphatic heterocycles. The lowest BCUT2D eigenvalue weighted by Crippen LogP contribution is -2.52. The molecule has 3 rings (SSSR count). The first-order chi connectivity index (χ1) is 11.8. The van der Waals surface area contributed by atoms with Gasteiger partial charge in [0.25, 0.3) is 11.8 Å². The van der Waals surface area contributed by atoms with Crippen molar-refractivity contribution in [3.05, 3.63) is 52.9 Å². The highest BCUT2D eigenvalue weighted by molar-refractivity contribution is 6.30. The minimum Gasteiger partial charge on any atom is -0.268 e. The van der Waals surface area contributed by atoms with E-state index in [1.54, 1.807) is 4.68 Å². The Hall–Kier alpha value is -3.22. The van der Waals surface area contributed by atoms with Gasteiger partial charge in [0.15, 0.2) is 0 Å². The van der Waals surface area contributed by atoms with Gasteiger partial charge in [0.2, 0.25) is 0 Å². The van der Waals surface area contributed by atoms with Crippen molar-refractivity contribution in [1.82, 2.24) is 19.6 Å². The van der Waals surface area contributed by atoms with E-state index in [4.69, 9.17) is 0 Å². The fraction of sp³-hybridized carbons (Fsp3) is 0.222. The Bertz CT molecular complexity index is 886. The van der Waals surface area contributed by atoms with Crippen LogP contribution in [0.2, 0.25) is 0 Å². The molecule has 0 atom stereocenters. The number of likely N-dealkylation sites (N-methyl/N-ethyl adjacent to an activating group) is 2. The number of carbonyl (C=O) groups excluding carboxylic acids is 3. The fourth-order valence-electron chi connectivity index (χ4n) is 2.80. The maximum absolute atomic E-state index is 12.4. The summed E-state index contributed by atoms with van der Waals surface area (Å²) in [5.74, 6) is -1.22. The van der Waals surface area contributed by atoms with Crippen molar-refractivity contribution in [2.24, 2.45) is 0 Å². The molecule has 0 aliphatic carbocycles. The number of aromatic nitrogens is 2. The van der Waals surface area contributed by atoms with E-state index >= 15 is 0 Å². The van der Waals surface area contributed by atoms with E-state index in [1.807, 2.05) is 44.2 Å². The van der Waals surface area contributed by atoms with Gasteiger partial charge >= 0.3 is 6.03 Å². The average molecular weight is 338 g/mol. The van der Waals surface area contributed by atoms with Gasteiger partial charge < -0.3 is 0 Å². The molecule has 1 aliphatic rings. The van der Waals surface area contributed by atoms with E-state index in [1.165, 1.54) is 20.2 Å². The summed E-state index contributed by atoms with van der Waals surface area (Å²) in [6, 6.07) is 8.95. The zero-order chi connectivity index (χ0) is 18.3. The van der Waals surface area contributed by atoms with Crippen molar-refractivity contribution in [1.29, 1.82) is 0 Å². The SMILES string of the molecule is Cc1nn(-c2ccccc2)c(C)c1C=C1C(=O)N(C)C(=O)N(C)C1=O. The number of benzene rings is 1. The maximum Gasteiger partial charge on any atom is 0.333 e. The summed E-state index contributed by atoms with van der Waals surface area (Å²) >= 11 is 0.